The maximum absolute atomic E-state index is 9.93. The Morgan fingerprint density at radius 3 is 2.55 bits per heavy atom. The first kappa shape index (κ1) is 26.8. The summed E-state index contributed by atoms with van der Waals surface area (Å²) in [5.41, 5.74) is 5.06. The average Bonchev–Trinajstić information content (AvgIpc) is 3.66. The highest BCUT2D eigenvalue weighted by atomic mass is 35.5. The van der Waals surface area contributed by atoms with Gasteiger partial charge in [0, 0.05) is 67.8 Å². The smallest absolute Gasteiger partial charge is 0.172 e. The van der Waals surface area contributed by atoms with Gasteiger partial charge in [0.1, 0.15) is 6.07 Å². The lowest BCUT2D eigenvalue weighted by Crippen LogP contribution is -2.44. The van der Waals surface area contributed by atoms with Crippen molar-refractivity contribution in [2.45, 2.75) is 41.8 Å². The summed E-state index contributed by atoms with van der Waals surface area (Å²) < 4.78 is 1.96. The summed E-state index contributed by atoms with van der Waals surface area (Å²) in [5.74, 6) is 0. The van der Waals surface area contributed by atoms with E-state index < -0.39 is 0 Å². The maximum Gasteiger partial charge on any atom is 0.172 e. The molecular formula is C30H33ClN8S. The van der Waals surface area contributed by atoms with E-state index in [9.17, 15) is 5.26 Å². The second-order valence-corrected chi connectivity index (χ2v) is 11.9. The van der Waals surface area contributed by atoms with Crippen molar-refractivity contribution in [2.24, 2.45) is 7.05 Å². The lowest BCUT2D eigenvalue weighted by atomic mass is 10.0. The molecule has 40 heavy (non-hydrogen) atoms. The first-order valence-electron chi connectivity index (χ1n) is 13.8. The first-order valence-corrected chi connectivity index (χ1v) is 15.0. The molecule has 2 N–H and O–H groups in total. The van der Waals surface area contributed by atoms with Gasteiger partial charge in [0.25, 0.3) is 0 Å². The Balaban J connectivity index is 1.28. The standard InChI is InChI=1S/C30H33ClN8S/c1-33-26-16-23-25(17-27(26)39-12-7-22(8-13-39)38-10-3-4-11-38)35-19-20(18-32)29(23)36-21-5-6-28(24(31)15-21)40-30-34-9-14-37(30)2/h5-6,9,14-17,19,22,33H,3-4,7-8,10-13H2,1-2H3,(H,35,36). The van der Waals surface area contributed by atoms with Gasteiger partial charge in [-0.15, -0.1) is 0 Å². The summed E-state index contributed by atoms with van der Waals surface area (Å²) in [6, 6.07) is 13.1. The van der Waals surface area contributed by atoms with Gasteiger partial charge < -0.3 is 25.0 Å². The molecule has 0 radical (unpaired) electrons. The number of hydrogen-bond acceptors (Lipinski definition) is 8. The number of nitrogens with zero attached hydrogens (tertiary/aromatic N) is 6. The highest BCUT2D eigenvalue weighted by Gasteiger charge is 2.27. The van der Waals surface area contributed by atoms with E-state index in [0.717, 1.165) is 56.8 Å². The minimum absolute atomic E-state index is 0.483. The van der Waals surface area contributed by atoms with Crippen LogP contribution in [0.4, 0.5) is 22.7 Å². The zero-order valence-corrected chi connectivity index (χ0v) is 24.4. The Kier molecular flexibility index (Phi) is 7.74. The second kappa shape index (κ2) is 11.6. The molecular weight excluding hydrogens is 540 g/mol. The van der Waals surface area contributed by atoms with Crippen LogP contribution < -0.4 is 15.5 Å². The molecule has 0 bridgehead atoms. The highest BCUT2D eigenvalue weighted by molar-refractivity contribution is 7.99. The fourth-order valence-electron chi connectivity index (χ4n) is 5.84. The molecule has 0 saturated carbocycles. The SMILES string of the molecule is CNc1cc2c(Nc3ccc(Sc4nccn4C)c(Cl)c3)c(C#N)cnc2cc1N1CCC(N2CCCC2)CC1. The van der Waals surface area contributed by atoms with Crippen LogP contribution in [0.3, 0.4) is 0 Å². The molecule has 6 rings (SSSR count). The number of piperidine rings is 1. The zero-order valence-electron chi connectivity index (χ0n) is 22.8. The fourth-order valence-corrected chi connectivity index (χ4v) is 6.95. The largest absolute Gasteiger partial charge is 0.386 e. The molecule has 0 spiro atoms. The molecule has 0 aliphatic carbocycles. The van der Waals surface area contributed by atoms with E-state index in [1.807, 2.05) is 43.1 Å². The summed E-state index contributed by atoms with van der Waals surface area (Å²) in [7, 11) is 3.91. The molecule has 4 heterocycles. The van der Waals surface area contributed by atoms with Crippen molar-refractivity contribution in [3.05, 3.63) is 59.5 Å². The van der Waals surface area contributed by atoms with Crippen molar-refractivity contribution in [2.75, 3.05) is 48.8 Å². The Labute approximate surface area is 244 Å². The van der Waals surface area contributed by atoms with Crippen LogP contribution in [0.5, 0.6) is 0 Å². The molecule has 0 amide bonds. The Bertz CT molecular complexity index is 1560. The third kappa shape index (κ3) is 5.31. The quantitative estimate of drug-likeness (QED) is 0.260. The summed E-state index contributed by atoms with van der Waals surface area (Å²) in [5, 5.41) is 19.2. The number of nitriles is 1. The van der Waals surface area contributed by atoms with Gasteiger partial charge in [-0.25, -0.2) is 4.98 Å². The fraction of sp³-hybridized carbons (Fsp3) is 0.367. The zero-order chi connectivity index (χ0) is 27.6. The van der Waals surface area contributed by atoms with Crippen molar-refractivity contribution in [1.29, 1.82) is 5.26 Å². The van der Waals surface area contributed by atoms with E-state index in [1.165, 1.54) is 50.5 Å². The van der Waals surface area contributed by atoms with E-state index >= 15 is 0 Å². The summed E-state index contributed by atoms with van der Waals surface area (Å²) in [6.45, 7) is 4.56. The van der Waals surface area contributed by atoms with Crippen LogP contribution in [0.2, 0.25) is 5.02 Å². The number of fused-ring (bicyclic) bond motifs is 1. The molecule has 0 unspecified atom stereocenters. The molecule has 2 saturated heterocycles. The van der Waals surface area contributed by atoms with Crippen molar-refractivity contribution >= 4 is 57.0 Å². The number of anilines is 4. The predicted molar refractivity (Wildman–Crippen MR) is 164 cm³/mol. The number of pyridine rings is 1. The van der Waals surface area contributed by atoms with E-state index in [0.29, 0.717) is 16.6 Å². The monoisotopic (exact) mass is 572 g/mol. The van der Waals surface area contributed by atoms with Crippen molar-refractivity contribution in [3.8, 4) is 6.07 Å². The van der Waals surface area contributed by atoms with Crippen LogP contribution in [0.25, 0.3) is 10.9 Å². The van der Waals surface area contributed by atoms with Crippen molar-refractivity contribution < 1.29 is 0 Å². The van der Waals surface area contributed by atoms with Crippen LogP contribution in [0.1, 0.15) is 31.2 Å². The molecule has 2 aliphatic heterocycles. The molecule has 10 heteroatoms. The molecule has 4 aromatic rings. The van der Waals surface area contributed by atoms with Gasteiger partial charge in [-0.2, -0.15) is 5.26 Å². The van der Waals surface area contributed by atoms with Crippen LogP contribution in [-0.2, 0) is 7.05 Å². The Hall–Kier alpha value is -3.45. The van der Waals surface area contributed by atoms with Crippen LogP contribution in [-0.4, -0.2) is 58.7 Å². The minimum atomic E-state index is 0.483. The van der Waals surface area contributed by atoms with Crippen LogP contribution in [0, 0.1) is 11.3 Å². The third-order valence-corrected chi connectivity index (χ3v) is 9.59. The molecule has 2 fully saturated rings. The summed E-state index contributed by atoms with van der Waals surface area (Å²) in [4.78, 5) is 15.1. The number of imidazole rings is 1. The van der Waals surface area contributed by atoms with Crippen molar-refractivity contribution in [1.82, 2.24) is 19.4 Å². The molecule has 2 aliphatic rings. The topological polar surface area (TPSA) is 85.0 Å². The molecule has 8 nitrogen and oxygen atoms in total. The summed E-state index contributed by atoms with van der Waals surface area (Å²) >= 11 is 8.18. The highest BCUT2D eigenvalue weighted by Crippen LogP contribution is 2.39. The summed E-state index contributed by atoms with van der Waals surface area (Å²) in [6.07, 6.45) is 10.4. The normalized spacial score (nSPS) is 16.4. The Morgan fingerprint density at radius 1 is 1.07 bits per heavy atom. The predicted octanol–water partition coefficient (Wildman–Crippen LogP) is 6.49. The molecule has 0 atom stereocenters. The number of halogens is 1. The molecule has 206 valence electrons. The number of aryl methyl sites for hydroxylation is 1. The van der Waals surface area contributed by atoms with Gasteiger partial charge in [-0.1, -0.05) is 23.4 Å². The van der Waals surface area contributed by atoms with Gasteiger partial charge in [-0.3, -0.25) is 4.98 Å². The molecule has 2 aromatic heterocycles. The lowest BCUT2D eigenvalue weighted by Gasteiger charge is -2.38. The van der Waals surface area contributed by atoms with Crippen LogP contribution >= 0.6 is 23.4 Å². The van der Waals surface area contributed by atoms with Crippen LogP contribution in [0.15, 0.2) is 59.0 Å². The first-order chi connectivity index (χ1) is 19.5. The number of benzene rings is 2. The second-order valence-electron chi connectivity index (χ2n) is 10.4. The maximum atomic E-state index is 9.93. The van der Waals surface area contributed by atoms with Gasteiger partial charge >= 0.3 is 0 Å². The number of hydrogen-bond donors (Lipinski definition) is 2. The lowest BCUT2D eigenvalue weighted by molar-refractivity contribution is 0.208. The molecule has 2 aromatic carbocycles. The van der Waals surface area contributed by atoms with Gasteiger partial charge in [0.05, 0.1) is 33.2 Å². The van der Waals surface area contributed by atoms with Gasteiger partial charge in [-0.05, 0) is 69.1 Å². The van der Waals surface area contributed by atoms with E-state index in [4.69, 9.17) is 11.6 Å². The van der Waals surface area contributed by atoms with E-state index in [-0.39, 0.29) is 0 Å². The van der Waals surface area contributed by atoms with Gasteiger partial charge in [0.15, 0.2) is 5.16 Å². The van der Waals surface area contributed by atoms with E-state index in [1.54, 1.807) is 12.4 Å². The average molecular weight is 573 g/mol. The van der Waals surface area contributed by atoms with E-state index in [2.05, 4.69) is 48.6 Å². The third-order valence-electron chi connectivity index (χ3n) is 8.02. The number of rotatable bonds is 7. The number of aromatic nitrogens is 3. The number of likely N-dealkylation sites (tertiary alicyclic amines) is 1. The minimum Gasteiger partial charge on any atom is -0.386 e. The van der Waals surface area contributed by atoms with Crippen molar-refractivity contribution in [3.63, 3.8) is 0 Å². The Morgan fingerprint density at radius 2 is 1.88 bits per heavy atom. The number of nitrogens with one attached hydrogen (secondary N) is 2. The van der Waals surface area contributed by atoms with Gasteiger partial charge in [0.2, 0.25) is 0 Å².